The number of nitrogen functional groups attached to an aromatic ring is 1. The number of unbranched alkanes of at least 4 members (excludes halogenated alkanes) is 2. The standard InChI is InChI=1S/C15H24N2OS/c1-3-5-6-9-17-15-12(10-7-8-10)13(16)14(19-15)11(18)4-2/h10,17H,3-9,16H2,1-2H3. The van der Waals surface area contributed by atoms with Crippen molar-refractivity contribution >= 4 is 27.8 Å². The Bertz CT molecular complexity index is 449. The van der Waals surface area contributed by atoms with Crippen molar-refractivity contribution in [2.24, 2.45) is 0 Å². The summed E-state index contributed by atoms with van der Waals surface area (Å²) in [5, 5.41) is 4.64. The highest BCUT2D eigenvalue weighted by Gasteiger charge is 2.32. The molecule has 2 rings (SSSR count). The van der Waals surface area contributed by atoms with Crippen LogP contribution >= 0.6 is 11.3 Å². The number of hydrogen-bond donors (Lipinski definition) is 2. The first-order chi connectivity index (χ1) is 9.19. The fraction of sp³-hybridized carbons (Fsp3) is 0.667. The highest BCUT2D eigenvalue weighted by Crippen LogP contribution is 2.51. The summed E-state index contributed by atoms with van der Waals surface area (Å²) in [7, 11) is 0. The van der Waals surface area contributed by atoms with Crippen LogP contribution in [-0.2, 0) is 0 Å². The molecular formula is C15H24N2OS. The van der Waals surface area contributed by atoms with E-state index >= 15 is 0 Å². The van der Waals surface area contributed by atoms with E-state index in [4.69, 9.17) is 5.73 Å². The summed E-state index contributed by atoms with van der Waals surface area (Å²) in [5.41, 5.74) is 8.17. The van der Waals surface area contributed by atoms with Crippen LogP contribution in [0.5, 0.6) is 0 Å². The third-order valence-corrected chi connectivity index (χ3v) is 4.83. The minimum atomic E-state index is 0.172. The van der Waals surface area contributed by atoms with Gasteiger partial charge in [-0.2, -0.15) is 0 Å². The fourth-order valence-corrected chi connectivity index (χ4v) is 3.55. The van der Waals surface area contributed by atoms with Crippen LogP contribution in [0.4, 0.5) is 10.7 Å². The zero-order valence-corrected chi connectivity index (χ0v) is 12.7. The molecule has 4 heteroatoms. The molecule has 1 saturated carbocycles. The predicted molar refractivity (Wildman–Crippen MR) is 83.3 cm³/mol. The van der Waals surface area contributed by atoms with E-state index in [1.165, 1.54) is 37.7 Å². The van der Waals surface area contributed by atoms with Gasteiger partial charge in [-0.25, -0.2) is 0 Å². The summed E-state index contributed by atoms with van der Waals surface area (Å²) in [6.07, 6.45) is 6.60. The lowest BCUT2D eigenvalue weighted by molar-refractivity contribution is 0.0993. The van der Waals surface area contributed by atoms with Gasteiger partial charge in [0.2, 0.25) is 0 Å². The number of nitrogens with two attached hydrogens (primary N) is 1. The molecule has 0 spiro atoms. The second-order valence-electron chi connectivity index (χ2n) is 5.27. The number of carbonyl (C=O) groups excluding carboxylic acids is 1. The van der Waals surface area contributed by atoms with Crippen LogP contribution in [0.3, 0.4) is 0 Å². The fourth-order valence-electron chi connectivity index (χ4n) is 2.31. The molecule has 1 aliphatic carbocycles. The molecule has 3 nitrogen and oxygen atoms in total. The summed E-state index contributed by atoms with van der Waals surface area (Å²) in [6, 6.07) is 0. The number of hydrogen-bond acceptors (Lipinski definition) is 4. The number of nitrogens with one attached hydrogen (secondary N) is 1. The summed E-state index contributed by atoms with van der Waals surface area (Å²) in [6.45, 7) is 5.08. The zero-order chi connectivity index (χ0) is 13.8. The van der Waals surface area contributed by atoms with Gasteiger partial charge >= 0.3 is 0 Å². The van der Waals surface area contributed by atoms with Crippen LogP contribution in [0.1, 0.15) is 73.5 Å². The summed E-state index contributed by atoms with van der Waals surface area (Å²) < 4.78 is 0. The molecule has 1 aromatic heterocycles. The molecule has 0 amide bonds. The van der Waals surface area contributed by atoms with E-state index < -0.39 is 0 Å². The highest BCUT2D eigenvalue weighted by molar-refractivity contribution is 7.18. The number of rotatable bonds is 8. The normalized spacial score (nSPS) is 14.6. The van der Waals surface area contributed by atoms with Gasteiger partial charge in [-0.05, 0) is 25.2 Å². The second kappa shape index (κ2) is 6.42. The Morgan fingerprint density at radius 2 is 2.11 bits per heavy atom. The van der Waals surface area contributed by atoms with Crippen molar-refractivity contribution in [3.8, 4) is 0 Å². The molecule has 0 aromatic carbocycles. The van der Waals surface area contributed by atoms with Gasteiger partial charge in [0.1, 0.15) is 0 Å². The van der Waals surface area contributed by atoms with Crippen molar-refractivity contribution < 1.29 is 4.79 Å². The molecule has 0 atom stereocenters. The molecule has 0 saturated heterocycles. The quantitative estimate of drug-likeness (QED) is 0.548. The third-order valence-electron chi connectivity index (χ3n) is 3.61. The first-order valence-electron chi connectivity index (χ1n) is 7.38. The highest BCUT2D eigenvalue weighted by atomic mass is 32.1. The van der Waals surface area contributed by atoms with Crippen molar-refractivity contribution in [3.05, 3.63) is 10.4 Å². The number of ketones is 1. The monoisotopic (exact) mass is 280 g/mol. The van der Waals surface area contributed by atoms with E-state index in [1.807, 2.05) is 6.92 Å². The minimum absolute atomic E-state index is 0.172. The van der Waals surface area contributed by atoms with E-state index in [2.05, 4.69) is 12.2 Å². The van der Waals surface area contributed by atoms with Crippen LogP contribution in [0.15, 0.2) is 0 Å². The van der Waals surface area contributed by atoms with Crippen LogP contribution < -0.4 is 11.1 Å². The van der Waals surface area contributed by atoms with Gasteiger partial charge in [0.25, 0.3) is 0 Å². The number of thiophene rings is 1. The van der Waals surface area contributed by atoms with E-state index in [0.717, 1.165) is 22.1 Å². The Balaban J connectivity index is 2.14. The maximum atomic E-state index is 11.9. The molecule has 1 aliphatic rings. The topological polar surface area (TPSA) is 55.1 Å². The van der Waals surface area contributed by atoms with Crippen molar-refractivity contribution in [3.63, 3.8) is 0 Å². The van der Waals surface area contributed by atoms with E-state index in [-0.39, 0.29) is 5.78 Å². The first kappa shape index (κ1) is 14.4. The van der Waals surface area contributed by atoms with Crippen molar-refractivity contribution in [2.45, 2.75) is 58.3 Å². The summed E-state index contributed by atoms with van der Waals surface area (Å²) in [5.74, 6) is 0.759. The van der Waals surface area contributed by atoms with Crippen molar-refractivity contribution in [1.82, 2.24) is 0 Å². The Hall–Kier alpha value is -1.03. The third kappa shape index (κ3) is 3.30. The van der Waals surface area contributed by atoms with Gasteiger partial charge in [-0.15, -0.1) is 11.3 Å². The average molecular weight is 280 g/mol. The molecule has 106 valence electrons. The van der Waals surface area contributed by atoms with Gasteiger partial charge in [0, 0.05) is 18.5 Å². The maximum absolute atomic E-state index is 11.9. The molecular weight excluding hydrogens is 256 g/mol. The largest absolute Gasteiger partial charge is 0.397 e. The number of anilines is 2. The van der Waals surface area contributed by atoms with E-state index in [1.54, 1.807) is 11.3 Å². The van der Waals surface area contributed by atoms with Gasteiger partial charge in [-0.1, -0.05) is 26.7 Å². The SMILES string of the molecule is CCCCCNc1sc(C(=O)CC)c(N)c1C1CC1. The van der Waals surface area contributed by atoms with E-state index in [9.17, 15) is 4.79 Å². The molecule has 0 aliphatic heterocycles. The molecule has 1 fully saturated rings. The van der Waals surface area contributed by atoms with Crippen LogP contribution in [0.2, 0.25) is 0 Å². The zero-order valence-electron chi connectivity index (χ0n) is 11.9. The van der Waals surface area contributed by atoms with Crippen LogP contribution in [-0.4, -0.2) is 12.3 Å². The minimum Gasteiger partial charge on any atom is -0.397 e. The summed E-state index contributed by atoms with van der Waals surface area (Å²) in [4.78, 5) is 12.7. The summed E-state index contributed by atoms with van der Waals surface area (Å²) >= 11 is 1.56. The van der Waals surface area contributed by atoms with Crippen molar-refractivity contribution in [1.29, 1.82) is 0 Å². The first-order valence-corrected chi connectivity index (χ1v) is 8.19. The van der Waals surface area contributed by atoms with Crippen molar-refractivity contribution in [2.75, 3.05) is 17.6 Å². The lowest BCUT2D eigenvalue weighted by atomic mass is 10.1. The molecule has 0 unspecified atom stereocenters. The molecule has 0 bridgehead atoms. The Kier molecular flexibility index (Phi) is 4.86. The number of carbonyl (C=O) groups is 1. The Morgan fingerprint density at radius 1 is 1.37 bits per heavy atom. The van der Waals surface area contributed by atoms with Gasteiger partial charge in [-0.3, -0.25) is 4.79 Å². The lowest BCUT2D eigenvalue weighted by Gasteiger charge is -2.06. The van der Waals surface area contributed by atoms with E-state index in [0.29, 0.717) is 12.3 Å². The predicted octanol–water partition coefficient (Wildman–Crippen LogP) is 4.40. The second-order valence-corrected chi connectivity index (χ2v) is 6.29. The van der Waals surface area contributed by atoms with Gasteiger partial charge in [0.15, 0.2) is 5.78 Å². The molecule has 3 N–H and O–H groups in total. The Labute approximate surface area is 119 Å². The number of Topliss-reactive ketones (excluding diaryl/α,β-unsaturated/α-hetero) is 1. The molecule has 1 heterocycles. The Morgan fingerprint density at radius 3 is 2.68 bits per heavy atom. The van der Waals surface area contributed by atoms with Gasteiger partial charge < -0.3 is 11.1 Å². The smallest absolute Gasteiger partial charge is 0.174 e. The molecule has 1 aromatic rings. The molecule has 19 heavy (non-hydrogen) atoms. The average Bonchev–Trinajstić information content (AvgIpc) is 3.19. The maximum Gasteiger partial charge on any atom is 0.174 e. The lowest BCUT2D eigenvalue weighted by Crippen LogP contribution is -2.02. The van der Waals surface area contributed by atoms with Crippen LogP contribution in [0, 0.1) is 0 Å². The molecule has 0 radical (unpaired) electrons. The van der Waals surface area contributed by atoms with Gasteiger partial charge in [0.05, 0.1) is 15.6 Å². The van der Waals surface area contributed by atoms with Crippen LogP contribution in [0.25, 0.3) is 0 Å².